The van der Waals surface area contributed by atoms with Gasteiger partial charge in [0.15, 0.2) is 5.60 Å². The minimum atomic E-state index is -1.85. The smallest absolute Gasteiger partial charge is 0.343 e. The summed E-state index contributed by atoms with van der Waals surface area (Å²) in [6, 6.07) is 1.32. The lowest BCUT2D eigenvalue weighted by Crippen LogP contribution is -2.65. The number of allylic oxidation sites excluding steroid dienone is 1. The standard InChI is InChI=1S/C24H26N4O5/c1-3-8-27-20-12-10-28-17(9-14-13(21(28)29)11-33-22(30)24(14,32)4-2)19(12)25-15-6-5-7-16(18(15)20)26-23(27)31/h5,7,9,16,18,20,32H,3-4,6,8,10-11H2,1-2H3,(H,26,31)/t16?,18?,20?,24-/m0/s1. The summed E-state index contributed by atoms with van der Waals surface area (Å²) in [4.78, 5) is 45.8. The number of amides is 2. The Kier molecular flexibility index (Phi) is 4.27. The average molecular weight is 450 g/mol. The summed E-state index contributed by atoms with van der Waals surface area (Å²) < 4.78 is 6.82. The number of rotatable bonds is 3. The van der Waals surface area contributed by atoms with Crippen molar-refractivity contribution in [2.45, 2.75) is 63.9 Å². The molecule has 1 aromatic heterocycles. The predicted molar refractivity (Wildman–Crippen MR) is 119 cm³/mol. The van der Waals surface area contributed by atoms with Crippen LogP contribution in [0.2, 0.25) is 0 Å². The Bertz CT molecular complexity index is 1260. The number of aliphatic hydroxyl groups is 1. The van der Waals surface area contributed by atoms with E-state index in [-0.39, 0.29) is 42.6 Å². The maximum Gasteiger partial charge on any atom is 0.343 e. The van der Waals surface area contributed by atoms with Gasteiger partial charge in [-0.25, -0.2) is 9.59 Å². The number of aromatic nitrogens is 1. The molecular formula is C24H26N4O5. The zero-order chi connectivity index (χ0) is 23.1. The van der Waals surface area contributed by atoms with Crippen LogP contribution in [0.3, 0.4) is 0 Å². The lowest BCUT2D eigenvalue weighted by atomic mass is 9.74. The van der Waals surface area contributed by atoms with Crippen LogP contribution in [0.25, 0.3) is 5.70 Å². The van der Waals surface area contributed by atoms with E-state index in [1.807, 2.05) is 24.0 Å². The molecule has 9 heteroatoms. The summed E-state index contributed by atoms with van der Waals surface area (Å²) in [5, 5.41) is 14.2. The Morgan fingerprint density at radius 3 is 2.88 bits per heavy atom. The summed E-state index contributed by atoms with van der Waals surface area (Å²) >= 11 is 0. The summed E-state index contributed by atoms with van der Waals surface area (Å²) in [7, 11) is 0. The minimum Gasteiger partial charge on any atom is -0.458 e. The number of nitrogens with zero attached hydrogens (tertiary/aromatic N) is 3. The van der Waals surface area contributed by atoms with Crippen LogP contribution in [-0.2, 0) is 28.3 Å². The molecule has 0 radical (unpaired) electrons. The van der Waals surface area contributed by atoms with Gasteiger partial charge in [-0.15, -0.1) is 0 Å². The third kappa shape index (κ3) is 2.57. The van der Waals surface area contributed by atoms with Crippen molar-refractivity contribution in [1.29, 1.82) is 0 Å². The van der Waals surface area contributed by atoms with Crippen LogP contribution in [0.1, 0.15) is 49.9 Å². The minimum absolute atomic E-state index is 0.0233. The van der Waals surface area contributed by atoms with Crippen molar-refractivity contribution in [2.75, 3.05) is 6.54 Å². The summed E-state index contributed by atoms with van der Waals surface area (Å²) in [5.41, 5.74) is 1.68. The fourth-order valence-electron chi connectivity index (χ4n) is 6.04. The first-order valence-electron chi connectivity index (χ1n) is 11.6. The van der Waals surface area contributed by atoms with Gasteiger partial charge >= 0.3 is 12.0 Å². The second-order valence-corrected chi connectivity index (χ2v) is 9.35. The number of esters is 1. The van der Waals surface area contributed by atoms with E-state index < -0.39 is 11.6 Å². The molecule has 9 nitrogen and oxygen atoms in total. The van der Waals surface area contributed by atoms with Gasteiger partial charge in [0.1, 0.15) is 6.61 Å². The number of carbonyl (C=O) groups excluding carboxylic acids is 2. The number of nitrogens with one attached hydrogen (secondary N) is 1. The zero-order valence-corrected chi connectivity index (χ0v) is 18.6. The van der Waals surface area contributed by atoms with Gasteiger partial charge in [0.25, 0.3) is 5.56 Å². The molecular weight excluding hydrogens is 424 g/mol. The molecule has 4 atom stereocenters. The van der Waals surface area contributed by atoms with E-state index in [1.54, 1.807) is 17.6 Å². The molecule has 3 unspecified atom stereocenters. The average Bonchev–Trinajstić information content (AvgIpc) is 3.18. The van der Waals surface area contributed by atoms with Gasteiger partial charge in [-0.3, -0.25) is 9.79 Å². The molecule has 0 bridgehead atoms. The molecule has 5 heterocycles. The molecule has 1 aromatic rings. The number of cyclic esters (lactones) is 1. The van der Waals surface area contributed by atoms with Gasteiger partial charge in [-0.1, -0.05) is 26.0 Å². The topological polar surface area (TPSA) is 113 Å². The molecule has 6 rings (SSSR count). The van der Waals surface area contributed by atoms with E-state index in [4.69, 9.17) is 9.73 Å². The summed E-state index contributed by atoms with van der Waals surface area (Å²) in [5.74, 6) is -0.711. The Morgan fingerprint density at radius 1 is 1.30 bits per heavy atom. The van der Waals surface area contributed by atoms with Crippen LogP contribution in [0, 0.1) is 5.92 Å². The van der Waals surface area contributed by atoms with Gasteiger partial charge in [0.05, 0.1) is 35.6 Å². The highest BCUT2D eigenvalue weighted by atomic mass is 16.6. The fourth-order valence-corrected chi connectivity index (χ4v) is 6.04. The molecule has 1 saturated heterocycles. The second-order valence-electron chi connectivity index (χ2n) is 9.35. The molecule has 1 fully saturated rings. The van der Waals surface area contributed by atoms with Crippen molar-refractivity contribution in [3.63, 3.8) is 0 Å². The van der Waals surface area contributed by atoms with Crippen LogP contribution >= 0.6 is 0 Å². The van der Waals surface area contributed by atoms with Crippen molar-refractivity contribution >= 4 is 23.4 Å². The van der Waals surface area contributed by atoms with Crippen LogP contribution in [0.15, 0.2) is 33.6 Å². The Hall–Kier alpha value is -3.20. The first-order chi connectivity index (χ1) is 15.9. The number of hydrogen-bond acceptors (Lipinski definition) is 6. The van der Waals surface area contributed by atoms with E-state index in [0.29, 0.717) is 42.0 Å². The molecule has 5 aliphatic rings. The summed E-state index contributed by atoms with van der Waals surface area (Å²) in [6.07, 6.45) is 5.67. The van der Waals surface area contributed by atoms with E-state index in [9.17, 15) is 19.5 Å². The van der Waals surface area contributed by atoms with Gasteiger partial charge < -0.3 is 24.6 Å². The zero-order valence-electron chi connectivity index (χ0n) is 18.6. The van der Waals surface area contributed by atoms with Crippen molar-refractivity contribution < 1.29 is 19.4 Å². The highest BCUT2D eigenvalue weighted by molar-refractivity contribution is 6.00. The van der Waals surface area contributed by atoms with E-state index in [2.05, 4.69) is 5.32 Å². The van der Waals surface area contributed by atoms with Crippen LogP contribution in [-0.4, -0.2) is 50.9 Å². The number of aliphatic imine (C=N–C) groups is 1. The van der Waals surface area contributed by atoms with Crippen LogP contribution < -0.4 is 10.9 Å². The van der Waals surface area contributed by atoms with Gasteiger partial charge in [-0.2, -0.15) is 0 Å². The summed E-state index contributed by atoms with van der Waals surface area (Å²) in [6.45, 7) is 4.51. The van der Waals surface area contributed by atoms with Crippen molar-refractivity contribution in [1.82, 2.24) is 14.8 Å². The fraction of sp³-hybridized carbons (Fsp3) is 0.500. The Labute approximate surface area is 190 Å². The number of ether oxygens (including phenoxy) is 1. The molecule has 0 spiro atoms. The number of pyridine rings is 1. The first-order valence-corrected chi connectivity index (χ1v) is 11.6. The lowest BCUT2D eigenvalue weighted by molar-refractivity contribution is -0.172. The third-order valence-corrected chi connectivity index (χ3v) is 7.66. The predicted octanol–water partition coefficient (Wildman–Crippen LogP) is 1.43. The number of fused-ring (bicyclic) bond motifs is 4. The molecule has 0 aromatic carbocycles. The largest absolute Gasteiger partial charge is 0.458 e. The second kappa shape index (κ2) is 6.90. The quantitative estimate of drug-likeness (QED) is 0.534. The lowest BCUT2D eigenvalue weighted by Gasteiger charge is -2.48. The van der Waals surface area contributed by atoms with E-state index in [1.165, 1.54) is 0 Å². The maximum atomic E-state index is 13.5. The highest BCUT2D eigenvalue weighted by Gasteiger charge is 2.51. The molecule has 1 aliphatic carbocycles. The van der Waals surface area contributed by atoms with Crippen molar-refractivity contribution in [3.8, 4) is 0 Å². The maximum absolute atomic E-state index is 13.5. The normalized spacial score (nSPS) is 31.3. The number of carbonyl (C=O) groups is 2. The first kappa shape index (κ1) is 20.4. The van der Waals surface area contributed by atoms with Crippen LogP contribution in [0.5, 0.6) is 0 Å². The Balaban J connectivity index is 1.56. The van der Waals surface area contributed by atoms with Crippen molar-refractivity contribution in [2.24, 2.45) is 10.9 Å². The molecule has 2 N–H and O–H groups in total. The molecule has 2 amide bonds. The van der Waals surface area contributed by atoms with E-state index >= 15 is 0 Å². The molecule has 0 saturated carbocycles. The molecule has 4 aliphatic heterocycles. The SMILES string of the molecule is CCCN1C(=O)NC2C=CCC3=NC4=C(Cn5c4cc4c(c5=O)COC(=O)[C@]4(O)CC)C1C32. The molecule has 172 valence electrons. The molecule has 33 heavy (non-hydrogen) atoms. The van der Waals surface area contributed by atoms with Gasteiger partial charge in [-0.05, 0) is 18.9 Å². The number of hydrogen-bond donors (Lipinski definition) is 2. The van der Waals surface area contributed by atoms with E-state index in [0.717, 1.165) is 17.7 Å². The van der Waals surface area contributed by atoms with Gasteiger partial charge in [0, 0.05) is 35.7 Å². The monoisotopic (exact) mass is 450 g/mol. The van der Waals surface area contributed by atoms with Gasteiger partial charge in [0.2, 0.25) is 0 Å². The van der Waals surface area contributed by atoms with Crippen LogP contribution in [0.4, 0.5) is 4.79 Å². The van der Waals surface area contributed by atoms with Crippen molar-refractivity contribution in [3.05, 3.63) is 51.0 Å². The third-order valence-electron chi connectivity index (χ3n) is 7.66. The highest BCUT2D eigenvalue weighted by Crippen LogP contribution is 2.45. The Morgan fingerprint density at radius 2 is 2.12 bits per heavy atom. The number of urea groups is 1.